The minimum Gasteiger partial charge on any atom is -0.481 e. The molecule has 1 aliphatic rings. The number of nitrogens with zero attached hydrogens (tertiary/aromatic N) is 1. The van der Waals surface area contributed by atoms with Crippen LogP contribution >= 0.6 is 0 Å². The van der Waals surface area contributed by atoms with E-state index >= 15 is 0 Å². The Bertz CT molecular complexity index is 281. The molecule has 98 valence electrons. The first-order valence-corrected chi connectivity index (χ1v) is 6.34. The smallest absolute Gasteiger partial charge is 0.305 e. The van der Waals surface area contributed by atoms with Crippen LogP contribution in [0.15, 0.2) is 0 Å². The first-order chi connectivity index (χ1) is 8.06. The van der Waals surface area contributed by atoms with Gasteiger partial charge in [0, 0.05) is 12.6 Å². The Morgan fingerprint density at radius 2 is 2.24 bits per heavy atom. The van der Waals surface area contributed by atoms with Gasteiger partial charge in [0.1, 0.15) is 0 Å². The number of unbranched alkanes of at least 4 members (excludes halogenated alkanes) is 1. The molecule has 17 heavy (non-hydrogen) atoms. The topological polar surface area (TPSA) is 83.6 Å². The van der Waals surface area contributed by atoms with Gasteiger partial charge in [-0.25, -0.2) is 0 Å². The molecule has 1 heterocycles. The number of carboxylic acids is 1. The summed E-state index contributed by atoms with van der Waals surface area (Å²) in [5.41, 5.74) is 5.84. The van der Waals surface area contributed by atoms with Gasteiger partial charge in [0.15, 0.2) is 0 Å². The highest BCUT2D eigenvalue weighted by Crippen LogP contribution is 2.21. The molecule has 0 aromatic carbocycles. The number of hydrogen-bond donors (Lipinski definition) is 2. The average molecular weight is 242 g/mol. The van der Waals surface area contributed by atoms with E-state index in [2.05, 4.69) is 6.92 Å². The lowest BCUT2D eigenvalue weighted by Gasteiger charge is -2.26. The fraction of sp³-hybridized carbons (Fsp3) is 0.833. The van der Waals surface area contributed by atoms with Crippen molar-refractivity contribution < 1.29 is 14.7 Å². The molecular weight excluding hydrogens is 220 g/mol. The average Bonchev–Trinajstić information content (AvgIpc) is 2.71. The molecule has 5 nitrogen and oxygen atoms in total. The normalized spacial score (nSPS) is 21.5. The molecule has 1 amide bonds. The quantitative estimate of drug-likeness (QED) is 0.727. The second-order valence-corrected chi connectivity index (χ2v) is 4.67. The molecule has 1 aliphatic heterocycles. The highest BCUT2D eigenvalue weighted by Gasteiger charge is 2.32. The Kier molecular flexibility index (Phi) is 5.41. The van der Waals surface area contributed by atoms with Crippen molar-refractivity contribution in [2.24, 2.45) is 5.73 Å². The molecule has 5 heteroatoms. The molecule has 0 aromatic rings. The maximum Gasteiger partial charge on any atom is 0.305 e. The van der Waals surface area contributed by atoms with Crippen LogP contribution in [0.5, 0.6) is 0 Å². The number of carbonyl (C=O) groups is 2. The maximum absolute atomic E-state index is 12.1. The molecule has 1 saturated heterocycles. The van der Waals surface area contributed by atoms with Crippen molar-refractivity contribution in [2.45, 2.75) is 57.5 Å². The number of aliphatic carboxylic acids is 1. The van der Waals surface area contributed by atoms with E-state index in [1.54, 1.807) is 4.90 Å². The zero-order chi connectivity index (χ0) is 12.8. The zero-order valence-corrected chi connectivity index (χ0v) is 10.4. The van der Waals surface area contributed by atoms with E-state index in [0.29, 0.717) is 13.0 Å². The van der Waals surface area contributed by atoms with Gasteiger partial charge in [-0.1, -0.05) is 19.8 Å². The first kappa shape index (κ1) is 14.0. The van der Waals surface area contributed by atoms with Gasteiger partial charge in [-0.15, -0.1) is 0 Å². The van der Waals surface area contributed by atoms with Crippen LogP contribution in [0.25, 0.3) is 0 Å². The van der Waals surface area contributed by atoms with E-state index < -0.39 is 12.0 Å². The van der Waals surface area contributed by atoms with Gasteiger partial charge in [0.2, 0.25) is 5.91 Å². The van der Waals surface area contributed by atoms with Crippen LogP contribution in [0.1, 0.15) is 45.4 Å². The van der Waals surface area contributed by atoms with Crippen LogP contribution in [0.4, 0.5) is 0 Å². The van der Waals surface area contributed by atoms with E-state index in [1.165, 1.54) is 0 Å². The van der Waals surface area contributed by atoms with Gasteiger partial charge >= 0.3 is 5.97 Å². The molecule has 0 radical (unpaired) electrons. The van der Waals surface area contributed by atoms with Gasteiger partial charge in [-0.05, 0) is 19.3 Å². The van der Waals surface area contributed by atoms with Gasteiger partial charge < -0.3 is 15.7 Å². The van der Waals surface area contributed by atoms with Crippen LogP contribution in [-0.4, -0.2) is 40.5 Å². The number of amides is 1. The van der Waals surface area contributed by atoms with Crippen molar-refractivity contribution in [1.29, 1.82) is 0 Å². The molecule has 0 bridgehead atoms. The molecule has 2 unspecified atom stereocenters. The zero-order valence-electron chi connectivity index (χ0n) is 10.4. The summed E-state index contributed by atoms with van der Waals surface area (Å²) in [6.07, 6.45) is 4.32. The third-order valence-corrected chi connectivity index (χ3v) is 3.26. The molecule has 2 atom stereocenters. The summed E-state index contributed by atoms with van der Waals surface area (Å²) in [5.74, 6) is -0.931. The number of carbonyl (C=O) groups excluding carboxylic acids is 1. The van der Waals surface area contributed by atoms with Crippen molar-refractivity contribution in [3.63, 3.8) is 0 Å². The highest BCUT2D eigenvalue weighted by molar-refractivity contribution is 5.82. The number of hydrogen-bond acceptors (Lipinski definition) is 3. The largest absolute Gasteiger partial charge is 0.481 e. The molecule has 1 rings (SSSR count). The van der Waals surface area contributed by atoms with Crippen LogP contribution in [-0.2, 0) is 9.59 Å². The van der Waals surface area contributed by atoms with Crippen molar-refractivity contribution in [2.75, 3.05) is 6.54 Å². The first-order valence-electron chi connectivity index (χ1n) is 6.34. The van der Waals surface area contributed by atoms with E-state index in [-0.39, 0.29) is 18.4 Å². The highest BCUT2D eigenvalue weighted by atomic mass is 16.4. The number of rotatable bonds is 6. The van der Waals surface area contributed by atoms with E-state index in [9.17, 15) is 9.59 Å². The molecule has 0 saturated carbocycles. The molecule has 0 spiro atoms. The van der Waals surface area contributed by atoms with Crippen LogP contribution in [0.2, 0.25) is 0 Å². The molecule has 1 fully saturated rings. The summed E-state index contributed by atoms with van der Waals surface area (Å²) >= 11 is 0. The number of likely N-dealkylation sites (tertiary alicyclic amines) is 1. The molecule has 0 aromatic heterocycles. The van der Waals surface area contributed by atoms with Crippen molar-refractivity contribution in [3.8, 4) is 0 Å². The van der Waals surface area contributed by atoms with Gasteiger partial charge in [-0.3, -0.25) is 9.59 Å². The van der Waals surface area contributed by atoms with E-state index in [4.69, 9.17) is 10.8 Å². The molecule has 0 aliphatic carbocycles. The lowest BCUT2D eigenvalue weighted by Crippen LogP contribution is -2.46. The van der Waals surface area contributed by atoms with Gasteiger partial charge in [0.05, 0.1) is 12.5 Å². The van der Waals surface area contributed by atoms with Gasteiger partial charge in [-0.2, -0.15) is 0 Å². The van der Waals surface area contributed by atoms with Crippen LogP contribution in [0.3, 0.4) is 0 Å². The van der Waals surface area contributed by atoms with Gasteiger partial charge in [0.25, 0.3) is 0 Å². The molecule has 3 N–H and O–H groups in total. The summed E-state index contributed by atoms with van der Waals surface area (Å²) in [5, 5.41) is 8.78. The Morgan fingerprint density at radius 1 is 1.53 bits per heavy atom. The second kappa shape index (κ2) is 6.59. The summed E-state index contributed by atoms with van der Waals surface area (Å²) in [6, 6.07) is -0.628. The SMILES string of the molecule is CCCCC(N)C(=O)N1CCCC1CC(=O)O. The second-order valence-electron chi connectivity index (χ2n) is 4.67. The van der Waals surface area contributed by atoms with Crippen molar-refractivity contribution >= 4 is 11.9 Å². The number of nitrogens with two attached hydrogens (primary N) is 1. The Balaban J connectivity index is 2.51. The van der Waals surface area contributed by atoms with Crippen molar-refractivity contribution in [3.05, 3.63) is 0 Å². The summed E-state index contributed by atoms with van der Waals surface area (Å²) in [7, 11) is 0. The van der Waals surface area contributed by atoms with E-state index in [0.717, 1.165) is 25.7 Å². The van der Waals surface area contributed by atoms with E-state index in [1.807, 2.05) is 0 Å². The Hall–Kier alpha value is -1.10. The monoisotopic (exact) mass is 242 g/mol. The lowest BCUT2D eigenvalue weighted by atomic mass is 10.1. The minimum atomic E-state index is -0.850. The minimum absolute atomic E-state index is 0.0340. The maximum atomic E-state index is 12.1. The Morgan fingerprint density at radius 3 is 2.82 bits per heavy atom. The predicted octanol–water partition coefficient (Wildman–Crippen LogP) is 0.970. The lowest BCUT2D eigenvalue weighted by molar-refractivity contribution is -0.140. The fourth-order valence-electron chi connectivity index (χ4n) is 2.30. The van der Waals surface area contributed by atoms with Crippen LogP contribution in [0, 0.1) is 0 Å². The van der Waals surface area contributed by atoms with Crippen LogP contribution < -0.4 is 5.73 Å². The standard InChI is InChI=1S/C12H22N2O3/c1-2-3-6-10(13)12(17)14-7-4-5-9(14)8-11(15)16/h9-10H,2-8,13H2,1H3,(H,15,16). The molecular formula is C12H22N2O3. The predicted molar refractivity (Wildman–Crippen MR) is 64.5 cm³/mol. The third kappa shape index (κ3) is 4.00. The Labute approximate surface area is 102 Å². The number of carboxylic acid groups (broad SMARTS) is 1. The summed E-state index contributed by atoms with van der Waals surface area (Å²) in [6.45, 7) is 2.71. The summed E-state index contributed by atoms with van der Waals surface area (Å²) in [4.78, 5) is 24.4. The summed E-state index contributed by atoms with van der Waals surface area (Å²) < 4.78 is 0. The fourth-order valence-corrected chi connectivity index (χ4v) is 2.30. The van der Waals surface area contributed by atoms with Crippen molar-refractivity contribution in [1.82, 2.24) is 4.90 Å². The third-order valence-electron chi connectivity index (χ3n) is 3.26.